The lowest BCUT2D eigenvalue weighted by molar-refractivity contribution is 0.171. The molecule has 0 saturated carbocycles. The van der Waals surface area contributed by atoms with Crippen molar-refractivity contribution in [3.8, 4) is 17.6 Å². The molecule has 0 fully saturated rings. The average molecular weight is 283 g/mol. The van der Waals surface area contributed by atoms with E-state index in [4.69, 9.17) is 14.7 Å². The minimum Gasteiger partial charge on any atom is -0.486 e. The maximum atomic E-state index is 8.94. The second kappa shape index (κ2) is 5.48. The summed E-state index contributed by atoms with van der Waals surface area (Å²) in [4.78, 5) is 2.21. The second-order valence-electron chi connectivity index (χ2n) is 4.50. The van der Waals surface area contributed by atoms with Crippen molar-refractivity contribution < 1.29 is 9.47 Å². The van der Waals surface area contributed by atoms with Crippen LogP contribution >= 0.6 is 11.8 Å². The smallest absolute Gasteiger partial charge is 0.162 e. The highest BCUT2D eigenvalue weighted by atomic mass is 32.2. The third-order valence-electron chi connectivity index (χ3n) is 3.07. The molecule has 0 aliphatic carbocycles. The Morgan fingerprint density at radius 1 is 1.00 bits per heavy atom. The summed E-state index contributed by atoms with van der Waals surface area (Å²) in [7, 11) is 0. The van der Waals surface area contributed by atoms with Gasteiger partial charge in [0.05, 0.1) is 11.6 Å². The number of hydrogen-bond donors (Lipinski definition) is 0. The standard InChI is InChI=1S/C16H13NO2S/c1-11-8-13(3-2-12(11)10-17)20-14-4-5-15-16(9-14)19-7-6-18-15/h2-5,8-9H,6-7H2,1H3. The van der Waals surface area contributed by atoms with E-state index >= 15 is 0 Å². The summed E-state index contributed by atoms with van der Waals surface area (Å²) in [5.74, 6) is 1.60. The van der Waals surface area contributed by atoms with Gasteiger partial charge in [-0.05, 0) is 48.9 Å². The Labute approximate surface area is 122 Å². The van der Waals surface area contributed by atoms with Gasteiger partial charge in [0.25, 0.3) is 0 Å². The van der Waals surface area contributed by atoms with E-state index < -0.39 is 0 Å². The molecule has 0 spiro atoms. The van der Waals surface area contributed by atoms with E-state index in [0.29, 0.717) is 13.2 Å². The van der Waals surface area contributed by atoms with Gasteiger partial charge in [-0.2, -0.15) is 5.26 Å². The zero-order valence-electron chi connectivity index (χ0n) is 11.1. The summed E-state index contributed by atoms with van der Waals surface area (Å²) < 4.78 is 11.1. The summed E-state index contributed by atoms with van der Waals surface area (Å²) in [5, 5.41) is 8.94. The molecule has 1 aliphatic heterocycles. The molecular formula is C16H13NO2S. The first-order chi connectivity index (χ1) is 9.76. The molecule has 4 heteroatoms. The van der Waals surface area contributed by atoms with E-state index in [2.05, 4.69) is 6.07 Å². The van der Waals surface area contributed by atoms with Crippen molar-refractivity contribution >= 4 is 11.8 Å². The van der Waals surface area contributed by atoms with Crippen LogP contribution < -0.4 is 9.47 Å². The molecule has 0 saturated heterocycles. The van der Waals surface area contributed by atoms with Crippen LogP contribution in [0.2, 0.25) is 0 Å². The van der Waals surface area contributed by atoms with E-state index in [-0.39, 0.29) is 0 Å². The first-order valence-electron chi connectivity index (χ1n) is 6.34. The van der Waals surface area contributed by atoms with Crippen molar-refractivity contribution in [1.29, 1.82) is 5.26 Å². The van der Waals surface area contributed by atoms with Crippen LogP contribution in [0.5, 0.6) is 11.5 Å². The Hall–Kier alpha value is -2.12. The predicted molar refractivity (Wildman–Crippen MR) is 77.4 cm³/mol. The van der Waals surface area contributed by atoms with Crippen molar-refractivity contribution in [2.24, 2.45) is 0 Å². The Morgan fingerprint density at radius 3 is 2.45 bits per heavy atom. The van der Waals surface area contributed by atoms with E-state index in [1.807, 2.05) is 43.3 Å². The van der Waals surface area contributed by atoms with Crippen LogP contribution in [-0.2, 0) is 0 Å². The van der Waals surface area contributed by atoms with Crippen molar-refractivity contribution in [2.75, 3.05) is 13.2 Å². The monoisotopic (exact) mass is 283 g/mol. The molecule has 1 heterocycles. The van der Waals surface area contributed by atoms with Crippen LogP contribution in [0.4, 0.5) is 0 Å². The molecular weight excluding hydrogens is 270 g/mol. The fourth-order valence-electron chi connectivity index (χ4n) is 2.05. The molecule has 1 aliphatic rings. The van der Waals surface area contributed by atoms with E-state index in [1.54, 1.807) is 11.8 Å². The topological polar surface area (TPSA) is 42.2 Å². The second-order valence-corrected chi connectivity index (χ2v) is 5.64. The van der Waals surface area contributed by atoms with Crippen molar-refractivity contribution in [3.05, 3.63) is 47.5 Å². The zero-order valence-corrected chi connectivity index (χ0v) is 11.9. The highest BCUT2D eigenvalue weighted by Gasteiger charge is 2.12. The predicted octanol–water partition coefficient (Wildman–Crippen LogP) is 3.79. The first-order valence-corrected chi connectivity index (χ1v) is 7.16. The molecule has 0 amide bonds. The summed E-state index contributed by atoms with van der Waals surface area (Å²) in [5.41, 5.74) is 1.71. The van der Waals surface area contributed by atoms with Crippen LogP contribution in [0.3, 0.4) is 0 Å². The van der Waals surface area contributed by atoms with E-state index in [1.165, 1.54) is 0 Å². The first kappa shape index (κ1) is 12.9. The lowest BCUT2D eigenvalue weighted by Crippen LogP contribution is -2.15. The number of fused-ring (bicyclic) bond motifs is 1. The summed E-state index contributed by atoms with van der Waals surface area (Å²) in [6.07, 6.45) is 0. The molecule has 0 radical (unpaired) electrons. The van der Waals surface area contributed by atoms with Gasteiger partial charge >= 0.3 is 0 Å². The van der Waals surface area contributed by atoms with Gasteiger partial charge in [0.1, 0.15) is 13.2 Å². The van der Waals surface area contributed by atoms with Crippen LogP contribution in [0, 0.1) is 18.3 Å². The van der Waals surface area contributed by atoms with Crippen molar-refractivity contribution in [2.45, 2.75) is 16.7 Å². The summed E-state index contributed by atoms with van der Waals surface area (Å²) >= 11 is 1.65. The van der Waals surface area contributed by atoms with Gasteiger partial charge in [-0.1, -0.05) is 11.8 Å². The molecule has 2 aromatic rings. The van der Waals surface area contributed by atoms with Crippen LogP contribution in [0.1, 0.15) is 11.1 Å². The lowest BCUT2D eigenvalue weighted by Gasteiger charge is -2.18. The summed E-state index contributed by atoms with van der Waals surface area (Å²) in [6.45, 7) is 3.15. The number of rotatable bonds is 2. The van der Waals surface area contributed by atoms with Crippen LogP contribution in [0.15, 0.2) is 46.2 Å². The highest BCUT2D eigenvalue weighted by Crippen LogP contribution is 2.37. The van der Waals surface area contributed by atoms with Gasteiger partial charge < -0.3 is 9.47 Å². The van der Waals surface area contributed by atoms with Gasteiger partial charge in [-0.25, -0.2) is 0 Å². The Balaban J connectivity index is 1.84. The molecule has 0 unspecified atom stereocenters. The van der Waals surface area contributed by atoms with Crippen molar-refractivity contribution in [1.82, 2.24) is 0 Å². The number of nitriles is 1. The molecule has 0 aromatic heterocycles. The average Bonchev–Trinajstić information content (AvgIpc) is 2.47. The number of aryl methyl sites for hydroxylation is 1. The fraction of sp³-hybridized carbons (Fsp3) is 0.188. The van der Waals surface area contributed by atoms with Crippen LogP contribution in [-0.4, -0.2) is 13.2 Å². The number of ether oxygens (including phenoxy) is 2. The van der Waals surface area contributed by atoms with Crippen molar-refractivity contribution in [3.63, 3.8) is 0 Å². The molecule has 0 bridgehead atoms. The normalized spacial score (nSPS) is 12.8. The number of benzene rings is 2. The minimum atomic E-state index is 0.594. The summed E-state index contributed by atoms with van der Waals surface area (Å²) in [6, 6.07) is 14.0. The Kier molecular flexibility index (Phi) is 3.53. The molecule has 20 heavy (non-hydrogen) atoms. The molecule has 0 N–H and O–H groups in total. The zero-order chi connectivity index (χ0) is 13.9. The largest absolute Gasteiger partial charge is 0.486 e. The molecule has 2 aromatic carbocycles. The lowest BCUT2D eigenvalue weighted by atomic mass is 10.1. The van der Waals surface area contributed by atoms with Gasteiger partial charge in [-0.15, -0.1) is 0 Å². The van der Waals surface area contributed by atoms with Gasteiger partial charge in [-0.3, -0.25) is 0 Å². The highest BCUT2D eigenvalue weighted by molar-refractivity contribution is 7.99. The van der Waals surface area contributed by atoms with Gasteiger partial charge in [0, 0.05) is 9.79 Å². The van der Waals surface area contributed by atoms with Gasteiger partial charge in [0.15, 0.2) is 11.5 Å². The van der Waals surface area contributed by atoms with E-state index in [9.17, 15) is 0 Å². The Bertz CT molecular complexity index is 691. The number of nitrogens with zero attached hydrogens (tertiary/aromatic N) is 1. The fourth-order valence-corrected chi connectivity index (χ4v) is 2.99. The number of hydrogen-bond acceptors (Lipinski definition) is 4. The maximum Gasteiger partial charge on any atom is 0.162 e. The third-order valence-corrected chi connectivity index (χ3v) is 4.05. The molecule has 100 valence electrons. The Morgan fingerprint density at radius 2 is 1.70 bits per heavy atom. The quantitative estimate of drug-likeness (QED) is 0.841. The van der Waals surface area contributed by atoms with Gasteiger partial charge in [0.2, 0.25) is 0 Å². The molecule has 3 nitrogen and oxygen atoms in total. The van der Waals surface area contributed by atoms with E-state index in [0.717, 1.165) is 32.4 Å². The molecule has 0 atom stereocenters. The van der Waals surface area contributed by atoms with Crippen LogP contribution in [0.25, 0.3) is 0 Å². The minimum absolute atomic E-state index is 0.594. The SMILES string of the molecule is Cc1cc(Sc2ccc3c(c2)OCCO3)ccc1C#N. The maximum absolute atomic E-state index is 8.94. The third kappa shape index (κ3) is 2.59. The molecule has 3 rings (SSSR count).